The molecule has 32 heavy (non-hydrogen) atoms. The van der Waals surface area contributed by atoms with Crippen LogP contribution in [0.15, 0.2) is 42.5 Å². The molecule has 1 fully saturated rings. The van der Waals surface area contributed by atoms with Crippen LogP contribution in [0.1, 0.15) is 40.5 Å². The Kier molecular flexibility index (Phi) is 8.25. The number of ether oxygens (including phenoxy) is 3. The lowest BCUT2D eigenvalue weighted by atomic mass is 9.89. The van der Waals surface area contributed by atoms with Crippen molar-refractivity contribution in [2.75, 3.05) is 40.5 Å². The maximum Gasteiger partial charge on any atom is 0.166 e. The summed E-state index contributed by atoms with van der Waals surface area (Å²) in [6.07, 6.45) is 0.846. The third-order valence-electron chi connectivity index (χ3n) is 5.80. The van der Waals surface area contributed by atoms with E-state index >= 15 is 0 Å². The predicted molar refractivity (Wildman–Crippen MR) is 121 cm³/mol. The summed E-state index contributed by atoms with van der Waals surface area (Å²) >= 11 is 0. The molecule has 2 aromatic carbocycles. The second kappa shape index (κ2) is 11.1. The van der Waals surface area contributed by atoms with Crippen molar-refractivity contribution in [1.29, 1.82) is 0 Å². The zero-order chi connectivity index (χ0) is 23.1. The van der Waals surface area contributed by atoms with Crippen molar-refractivity contribution >= 4 is 11.6 Å². The predicted octanol–water partition coefficient (Wildman–Crippen LogP) is 3.24. The maximum atomic E-state index is 12.8. The normalized spacial score (nSPS) is 15.8. The first-order chi connectivity index (χ1) is 15.4. The molecule has 1 unspecified atom stereocenters. The van der Waals surface area contributed by atoms with Gasteiger partial charge >= 0.3 is 0 Å². The average Bonchev–Trinajstić information content (AvgIpc) is 2.82. The molecule has 0 aromatic heterocycles. The van der Waals surface area contributed by atoms with Crippen LogP contribution < -0.4 is 14.2 Å². The topological polar surface area (TPSA) is 85.3 Å². The summed E-state index contributed by atoms with van der Waals surface area (Å²) in [5, 5.41) is 10.4. The van der Waals surface area contributed by atoms with E-state index in [4.69, 9.17) is 14.2 Å². The summed E-state index contributed by atoms with van der Waals surface area (Å²) in [7, 11) is 3.12. The molecule has 1 heterocycles. The zero-order valence-electron chi connectivity index (χ0n) is 18.9. The molecule has 0 amide bonds. The summed E-state index contributed by atoms with van der Waals surface area (Å²) < 4.78 is 16.2. The standard InChI is InChI=1S/C25H31NO6/c1-17(27)20-6-9-23(24(14-20)31-3)32-16-21(28)15-26-12-10-19(11-13-26)25(29)18-4-7-22(30-2)8-5-18/h4-9,14,19,21,28H,10-13,15-16H2,1-3H3. The SMILES string of the molecule is COc1ccc(C(=O)C2CCN(CC(O)COc3ccc(C(C)=O)cc3OC)CC2)cc1. The van der Waals surface area contributed by atoms with Crippen LogP contribution in [0.2, 0.25) is 0 Å². The smallest absolute Gasteiger partial charge is 0.166 e. The van der Waals surface area contributed by atoms with E-state index in [1.165, 1.54) is 14.0 Å². The van der Waals surface area contributed by atoms with Gasteiger partial charge in [0.2, 0.25) is 0 Å². The number of piperidine rings is 1. The third kappa shape index (κ3) is 6.08. The lowest BCUT2D eigenvalue weighted by Gasteiger charge is -2.32. The van der Waals surface area contributed by atoms with Gasteiger partial charge in [-0.05, 0) is 75.3 Å². The number of carbonyl (C=O) groups is 2. The van der Waals surface area contributed by atoms with Gasteiger partial charge in [-0.25, -0.2) is 0 Å². The Labute approximate surface area is 188 Å². The van der Waals surface area contributed by atoms with Gasteiger partial charge in [-0.2, -0.15) is 0 Å². The first-order valence-corrected chi connectivity index (χ1v) is 10.8. The Bertz CT molecular complexity index is 919. The van der Waals surface area contributed by atoms with Crippen molar-refractivity contribution in [3.63, 3.8) is 0 Å². The number of aliphatic hydroxyl groups excluding tert-OH is 1. The van der Waals surface area contributed by atoms with E-state index in [1.807, 2.05) is 12.1 Å². The summed E-state index contributed by atoms with van der Waals surface area (Å²) in [6, 6.07) is 12.2. The Morgan fingerprint density at radius 1 is 1.00 bits per heavy atom. The van der Waals surface area contributed by atoms with Gasteiger partial charge in [-0.1, -0.05) is 0 Å². The molecule has 7 nitrogen and oxygen atoms in total. The first kappa shape index (κ1) is 23.8. The van der Waals surface area contributed by atoms with E-state index < -0.39 is 6.10 Å². The lowest BCUT2D eigenvalue weighted by molar-refractivity contribution is 0.0518. The number of aliphatic hydroxyl groups is 1. The molecule has 0 saturated carbocycles. The Hall–Kier alpha value is -2.90. The molecular formula is C25H31NO6. The van der Waals surface area contributed by atoms with Gasteiger partial charge < -0.3 is 24.2 Å². The number of hydrogen-bond acceptors (Lipinski definition) is 7. The van der Waals surface area contributed by atoms with E-state index in [9.17, 15) is 14.7 Å². The van der Waals surface area contributed by atoms with Crippen LogP contribution in [-0.4, -0.2) is 68.1 Å². The zero-order valence-corrected chi connectivity index (χ0v) is 18.9. The van der Waals surface area contributed by atoms with Crippen molar-refractivity contribution in [2.45, 2.75) is 25.9 Å². The van der Waals surface area contributed by atoms with Crippen molar-refractivity contribution in [3.8, 4) is 17.2 Å². The molecule has 0 aliphatic carbocycles. The van der Waals surface area contributed by atoms with Crippen molar-refractivity contribution in [2.24, 2.45) is 5.92 Å². The van der Waals surface area contributed by atoms with Crippen LogP contribution in [-0.2, 0) is 0 Å². The summed E-state index contributed by atoms with van der Waals surface area (Å²) in [6.45, 7) is 3.57. The Morgan fingerprint density at radius 3 is 2.25 bits per heavy atom. The maximum absolute atomic E-state index is 12.8. The number of benzene rings is 2. The van der Waals surface area contributed by atoms with Gasteiger partial charge in [-0.3, -0.25) is 9.59 Å². The molecule has 2 aromatic rings. The summed E-state index contributed by atoms with van der Waals surface area (Å²) in [5.41, 5.74) is 1.25. The molecule has 1 N–H and O–H groups in total. The minimum atomic E-state index is -0.680. The fraction of sp³-hybridized carbons (Fsp3) is 0.440. The number of β-amino-alcohol motifs (C(OH)–C–C–N with tert-alkyl or cyclic N) is 1. The van der Waals surface area contributed by atoms with Crippen LogP contribution in [0, 0.1) is 5.92 Å². The van der Waals surface area contributed by atoms with E-state index in [0.717, 1.165) is 31.7 Å². The molecule has 0 bridgehead atoms. The van der Waals surface area contributed by atoms with E-state index in [0.29, 0.717) is 29.2 Å². The fourth-order valence-electron chi connectivity index (χ4n) is 3.91. The summed E-state index contributed by atoms with van der Waals surface area (Å²) in [5.74, 6) is 1.79. The molecular weight excluding hydrogens is 410 g/mol. The molecule has 1 aliphatic heterocycles. The molecule has 3 rings (SSSR count). The lowest BCUT2D eigenvalue weighted by Crippen LogP contribution is -2.42. The number of likely N-dealkylation sites (tertiary alicyclic amines) is 1. The molecule has 0 spiro atoms. The molecule has 7 heteroatoms. The van der Waals surface area contributed by atoms with E-state index in [1.54, 1.807) is 37.4 Å². The monoisotopic (exact) mass is 441 g/mol. The van der Waals surface area contributed by atoms with Crippen molar-refractivity contribution in [3.05, 3.63) is 53.6 Å². The van der Waals surface area contributed by atoms with Crippen molar-refractivity contribution in [1.82, 2.24) is 4.90 Å². The molecule has 1 saturated heterocycles. The molecule has 1 aliphatic rings. The first-order valence-electron chi connectivity index (χ1n) is 10.8. The number of methoxy groups -OCH3 is 2. The van der Waals surface area contributed by atoms with Gasteiger partial charge in [-0.15, -0.1) is 0 Å². The summed E-state index contributed by atoms with van der Waals surface area (Å²) in [4.78, 5) is 26.4. The quantitative estimate of drug-likeness (QED) is 0.567. The van der Waals surface area contributed by atoms with Crippen LogP contribution in [0.5, 0.6) is 17.2 Å². The largest absolute Gasteiger partial charge is 0.497 e. The highest BCUT2D eigenvalue weighted by Crippen LogP contribution is 2.28. The number of Topliss-reactive ketones (excluding diaryl/α,β-unsaturated/α-hetero) is 2. The minimum absolute atomic E-state index is 0.00269. The van der Waals surface area contributed by atoms with Gasteiger partial charge in [0.05, 0.1) is 14.2 Å². The van der Waals surface area contributed by atoms with Crippen LogP contribution >= 0.6 is 0 Å². The van der Waals surface area contributed by atoms with Crippen LogP contribution in [0.4, 0.5) is 0 Å². The Balaban J connectivity index is 1.45. The second-order valence-electron chi connectivity index (χ2n) is 8.05. The van der Waals surface area contributed by atoms with Gasteiger partial charge in [0.25, 0.3) is 0 Å². The molecule has 0 radical (unpaired) electrons. The van der Waals surface area contributed by atoms with Gasteiger partial charge in [0.15, 0.2) is 23.1 Å². The molecule has 172 valence electrons. The highest BCUT2D eigenvalue weighted by molar-refractivity contribution is 5.98. The van der Waals surface area contributed by atoms with Gasteiger partial charge in [0.1, 0.15) is 18.5 Å². The van der Waals surface area contributed by atoms with Crippen LogP contribution in [0.25, 0.3) is 0 Å². The fourth-order valence-corrected chi connectivity index (χ4v) is 3.91. The number of ketones is 2. The second-order valence-corrected chi connectivity index (χ2v) is 8.05. The van der Waals surface area contributed by atoms with E-state index in [2.05, 4.69) is 4.90 Å². The highest BCUT2D eigenvalue weighted by Gasteiger charge is 2.27. The van der Waals surface area contributed by atoms with Crippen molar-refractivity contribution < 1.29 is 28.9 Å². The number of hydrogen-bond donors (Lipinski definition) is 1. The third-order valence-corrected chi connectivity index (χ3v) is 5.80. The minimum Gasteiger partial charge on any atom is -0.497 e. The Morgan fingerprint density at radius 2 is 1.66 bits per heavy atom. The molecule has 1 atom stereocenters. The number of nitrogens with zero attached hydrogens (tertiary/aromatic N) is 1. The number of carbonyl (C=O) groups excluding carboxylic acids is 2. The van der Waals surface area contributed by atoms with Crippen LogP contribution in [0.3, 0.4) is 0 Å². The van der Waals surface area contributed by atoms with E-state index in [-0.39, 0.29) is 24.1 Å². The number of rotatable bonds is 10. The van der Waals surface area contributed by atoms with Gasteiger partial charge in [0, 0.05) is 23.6 Å². The average molecular weight is 442 g/mol. The highest BCUT2D eigenvalue weighted by atomic mass is 16.5.